The fourth-order valence-electron chi connectivity index (χ4n) is 3.51. The molecule has 0 aromatic heterocycles. The molecule has 0 spiro atoms. The maximum atomic E-state index is 12.9. The second-order valence-corrected chi connectivity index (χ2v) is 9.85. The Bertz CT molecular complexity index is 849. The van der Waals surface area contributed by atoms with Gasteiger partial charge in [0.1, 0.15) is 5.54 Å². The summed E-state index contributed by atoms with van der Waals surface area (Å²) in [5, 5.41) is 2.80. The number of aryl methyl sites for hydroxylation is 1. The summed E-state index contributed by atoms with van der Waals surface area (Å²) in [5.41, 5.74) is 5.87. The van der Waals surface area contributed by atoms with Crippen LogP contribution in [0.3, 0.4) is 0 Å². The Hall–Kier alpha value is -1.48. The maximum absolute atomic E-state index is 12.9. The van der Waals surface area contributed by atoms with E-state index in [1.54, 1.807) is 19.1 Å². The molecular formula is C19H29N3O4S. The number of hydrogen-bond acceptors (Lipinski definition) is 5. The first kappa shape index (κ1) is 20.3. The Balaban J connectivity index is 1.78. The van der Waals surface area contributed by atoms with Crippen molar-refractivity contribution < 1.29 is 17.9 Å². The third-order valence-electron chi connectivity index (χ3n) is 5.87. The highest BCUT2D eigenvalue weighted by Gasteiger charge is 2.62. The van der Waals surface area contributed by atoms with Gasteiger partial charge in [-0.25, -0.2) is 13.1 Å². The Morgan fingerprint density at radius 1 is 1.33 bits per heavy atom. The van der Waals surface area contributed by atoms with Gasteiger partial charge >= 0.3 is 0 Å². The first-order valence-corrected chi connectivity index (χ1v) is 10.8. The molecule has 2 atom stereocenters. The quantitative estimate of drug-likeness (QED) is 0.653. The molecule has 1 aromatic carbocycles. The number of rotatable bonds is 7. The van der Waals surface area contributed by atoms with E-state index in [9.17, 15) is 13.2 Å². The van der Waals surface area contributed by atoms with Gasteiger partial charge in [0.05, 0.1) is 11.0 Å². The van der Waals surface area contributed by atoms with E-state index in [1.807, 2.05) is 20.8 Å². The lowest BCUT2D eigenvalue weighted by Gasteiger charge is -2.57. The summed E-state index contributed by atoms with van der Waals surface area (Å²) in [6.07, 6.45) is 2.08. The molecule has 150 valence electrons. The van der Waals surface area contributed by atoms with Gasteiger partial charge < -0.3 is 15.8 Å². The first-order chi connectivity index (χ1) is 12.5. The van der Waals surface area contributed by atoms with E-state index in [2.05, 4.69) is 10.0 Å². The molecule has 27 heavy (non-hydrogen) atoms. The van der Waals surface area contributed by atoms with E-state index in [-0.39, 0.29) is 22.9 Å². The largest absolute Gasteiger partial charge is 0.378 e. The van der Waals surface area contributed by atoms with E-state index in [4.69, 9.17) is 10.5 Å². The van der Waals surface area contributed by atoms with Crippen LogP contribution >= 0.6 is 0 Å². The molecule has 2 fully saturated rings. The number of nitrogens with one attached hydrogen (secondary N) is 2. The Morgan fingerprint density at radius 3 is 2.56 bits per heavy atom. The molecule has 2 aliphatic carbocycles. The standard InChI is InChI=1S/C19H29N3O4S/c1-5-26-16-11-19(20,18(16,3)4)17(23)21-14-7-6-12(2)15(10-14)27(24,25)22-13-8-9-13/h6-7,10,13,16,22H,5,8-9,11,20H2,1-4H3,(H,21,23). The Morgan fingerprint density at radius 2 is 2.00 bits per heavy atom. The molecule has 4 N–H and O–H groups in total. The van der Waals surface area contributed by atoms with E-state index < -0.39 is 21.0 Å². The second-order valence-electron chi connectivity index (χ2n) is 8.17. The highest BCUT2D eigenvalue weighted by molar-refractivity contribution is 7.89. The number of ether oxygens (including phenoxy) is 1. The predicted molar refractivity (Wildman–Crippen MR) is 104 cm³/mol. The van der Waals surface area contributed by atoms with Crippen molar-refractivity contribution in [1.29, 1.82) is 0 Å². The van der Waals surface area contributed by atoms with Gasteiger partial charge in [0.25, 0.3) is 0 Å². The SMILES string of the molecule is CCOC1CC(N)(C(=O)Nc2ccc(C)c(S(=O)(=O)NC3CC3)c2)C1(C)C. The van der Waals surface area contributed by atoms with Gasteiger partial charge in [0.15, 0.2) is 0 Å². The van der Waals surface area contributed by atoms with Crippen molar-refractivity contribution in [3.8, 4) is 0 Å². The zero-order valence-corrected chi connectivity index (χ0v) is 17.2. The van der Waals surface area contributed by atoms with E-state index >= 15 is 0 Å². The number of hydrogen-bond donors (Lipinski definition) is 3. The number of amides is 1. The van der Waals surface area contributed by atoms with Crippen molar-refractivity contribution in [2.75, 3.05) is 11.9 Å². The molecule has 7 nitrogen and oxygen atoms in total. The van der Waals surface area contributed by atoms with Crippen molar-refractivity contribution in [3.63, 3.8) is 0 Å². The predicted octanol–water partition coefficient (Wildman–Crippen LogP) is 1.91. The molecule has 2 unspecified atom stereocenters. The minimum Gasteiger partial charge on any atom is -0.378 e. The molecule has 0 saturated heterocycles. The van der Waals surface area contributed by atoms with Gasteiger partial charge in [0.2, 0.25) is 15.9 Å². The first-order valence-electron chi connectivity index (χ1n) is 9.36. The lowest BCUT2D eigenvalue weighted by atomic mass is 9.54. The van der Waals surface area contributed by atoms with Gasteiger partial charge in [0, 0.05) is 30.2 Å². The second kappa shape index (κ2) is 6.84. The number of nitrogens with two attached hydrogens (primary N) is 1. The molecule has 0 heterocycles. The average molecular weight is 396 g/mol. The fraction of sp³-hybridized carbons (Fsp3) is 0.632. The molecule has 2 aliphatic rings. The highest BCUT2D eigenvalue weighted by Crippen LogP contribution is 2.50. The smallest absolute Gasteiger partial charge is 0.245 e. The van der Waals surface area contributed by atoms with Crippen LogP contribution in [0.4, 0.5) is 5.69 Å². The van der Waals surface area contributed by atoms with Crippen LogP contribution < -0.4 is 15.8 Å². The third-order valence-corrected chi connectivity index (χ3v) is 7.53. The van der Waals surface area contributed by atoms with Crippen molar-refractivity contribution in [2.45, 2.75) is 69.5 Å². The summed E-state index contributed by atoms with van der Waals surface area (Å²) < 4.78 is 33.5. The minimum absolute atomic E-state index is 0.0197. The number of carbonyl (C=O) groups excluding carboxylic acids is 1. The number of sulfonamides is 1. The number of anilines is 1. The third kappa shape index (κ3) is 3.63. The lowest BCUT2D eigenvalue weighted by Crippen LogP contribution is -2.74. The highest BCUT2D eigenvalue weighted by atomic mass is 32.2. The molecular weight excluding hydrogens is 366 g/mol. The summed E-state index contributed by atoms with van der Waals surface area (Å²) in [5.74, 6) is -0.328. The zero-order chi connectivity index (χ0) is 20.0. The minimum atomic E-state index is -3.60. The summed E-state index contributed by atoms with van der Waals surface area (Å²) in [6.45, 7) is 8.05. The Labute approximate surface area is 161 Å². The van der Waals surface area contributed by atoms with E-state index in [1.165, 1.54) is 6.07 Å². The van der Waals surface area contributed by atoms with Crippen molar-refractivity contribution in [2.24, 2.45) is 11.1 Å². The van der Waals surface area contributed by atoms with Crippen LogP contribution in [0, 0.1) is 12.3 Å². The summed E-state index contributed by atoms with van der Waals surface area (Å²) >= 11 is 0. The fourth-order valence-corrected chi connectivity index (χ4v) is 5.09. The molecule has 0 bridgehead atoms. The molecule has 1 aromatic rings. The molecule has 0 aliphatic heterocycles. The van der Waals surface area contributed by atoms with E-state index in [0.717, 1.165) is 12.8 Å². The van der Waals surface area contributed by atoms with Crippen LogP contribution in [0.2, 0.25) is 0 Å². The average Bonchev–Trinajstić information content (AvgIpc) is 3.39. The molecule has 3 rings (SSSR count). The van der Waals surface area contributed by atoms with Gasteiger partial charge in [-0.3, -0.25) is 4.79 Å². The van der Waals surface area contributed by atoms with Gasteiger partial charge in [-0.15, -0.1) is 0 Å². The van der Waals surface area contributed by atoms with Crippen LogP contribution in [-0.4, -0.2) is 38.6 Å². The van der Waals surface area contributed by atoms with Crippen molar-refractivity contribution in [1.82, 2.24) is 4.72 Å². The van der Waals surface area contributed by atoms with Crippen molar-refractivity contribution >= 4 is 21.6 Å². The lowest BCUT2D eigenvalue weighted by molar-refractivity contribution is -0.166. The molecule has 8 heteroatoms. The maximum Gasteiger partial charge on any atom is 0.245 e. The van der Waals surface area contributed by atoms with Gasteiger partial charge in [-0.2, -0.15) is 0 Å². The van der Waals surface area contributed by atoms with Crippen LogP contribution in [0.15, 0.2) is 23.1 Å². The van der Waals surface area contributed by atoms with Gasteiger partial charge in [-0.1, -0.05) is 19.9 Å². The topological polar surface area (TPSA) is 111 Å². The monoisotopic (exact) mass is 395 g/mol. The zero-order valence-electron chi connectivity index (χ0n) is 16.3. The normalized spacial score (nSPS) is 27.1. The number of carbonyl (C=O) groups is 1. The summed E-state index contributed by atoms with van der Waals surface area (Å²) in [4.78, 5) is 13.0. The summed E-state index contributed by atoms with van der Waals surface area (Å²) in [6, 6.07) is 4.90. The Kier molecular flexibility index (Phi) is 5.14. The van der Waals surface area contributed by atoms with E-state index in [0.29, 0.717) is 24.3 Å². The van der Waals surface area contributed by atoms with Crippen LogP contribution in [0.1, 0.15) is 45.6 Å². The van der Waals surface area contributed by atoms with Crippen molar-refractivity contribution in [3.05, 3.63) is 23.8 Å². The van der Waals surface area contributed by atoms with Crippen LogP contribution in [-0.2, 0) is 19.6 Å². The molecule has 2 saturated carbocycles. The number of benzene rings is 1. The van der Waals surface area contributed by atoms with Crippen LogP contribution in [0.5, 0.6) is 0 Å². The molecule has 1 amide bonds. The van der Waals surface area contributed by atoms with Crippen LogP contribution in [0.25, 0.3) is 0 Å². The van der Waals surface area contributed by atoms with Gasteiger partial charge in [-0.05, 0) is 44.4 Å². The molecule has 0 radical (unpaired) electrons. The summed E-state index contributed by atoms with van der Waals surface area (Å²) in [7, 11) is -3.60.